The normalized spacial score (nSPS) is 12.1. The second-order valence-corrected chi connectivity index (χ2v) is 11.4. The SMILES string of the molecule is CNC(=O)C(Cc1ccccc1)N(Cc1ccc(Br)cc1)C(=O)COc1ccc(C(C)(C)C)cc1Br. The van der Waals surface area contributed by atoms with Crippen LogP contribution in [0.4, 0.5) is 0 Å². The van der Waals surface area contributed by atoms with Gasteiger partial charge in [0.25, 0.3) is 5.91 Å². The van der Waals surface area contributed by atoms with E-state index in [-0.39, 0.29) is 30.4 Å². The fourth-order valence-electron chi connectivity index (χ4n) is 3.81. The molecular weight excluding hydrogens is 584 g/mol. The molecule has 0 aliphatic heterocycles. The molecule has 0 radical (unpaired) electrons. The number of benzene rings is 3. The minimum Gasteiger partial charge on any atom is -0.483 e. The van der Waals surface area contributed by atoms with E-state index in [1.54, 1.807) is 11.9 Å². The number of carbonyl (C=O) groups is 2. The van der Waals surface area contributed by atoms with E-state index in [2.05, 4.69) is 57.9 Å². The van der Waals surface area contributed by atoms with E-state index in [1.807, 2.05) is 72.8 Å². The number of amides is 2. The number of hydrogen-bond acceptors (Lipinski definition) is 3. The van der Waals surface area contributed by atoms with Crippen LogP contribution in [0.5, 0.6) is 5.75 Å². The summed E-state index contributed by atoms with van der Waals surface area (Å²) in [6.07, 6.45) is 0.396. The average Bonchev–Trinajstić information content (AvgIpc) is 2.86. The summed E-state index contributed by atoms with van der Waals surface area (Å²) in [4.78, 5) is 28.2. The first-order valence-corrected chi connectivity index (χ1v) is 13.4. The van der Waals surface area contributed by atoms with Crippen LogP contribution in [0.2, 0.25) is 0 Å². The predicted molar refractivity (Wildman–Crippen MR) is 151 cm³/mol. The van der Waals surface area contributed by atoms with Gasteiger partial charge in [-0.25, -0.2) is 0 Å². The highest BCUT2D eigenvalue weighted by Gasteiger charge is 2.30. The second-order valence-electron chi connectivity index (χ2n) is 9.65. The number of ether oxygens (including phenoxy) is 1. The molecule has 5 nitrogen and oxygen atoms in total. The van der Waals surface area contributed by atoms with Crippen LogP contribution in [0, 0.1) is 0 Å². The van der Waals surface area contributed by atoms with Crippen LogP contribution in [-0.2, 0) is 28.0 Å². The summed E-state index contributed by atoms with van der Waals surface area (Å²) in [5, 5.41) is 2.73. The van der Waals surface area contributed by atoms with Crippen molar-refractivity contribution >= 4 is 43.7 Å². The van der Waals surface area contributed by atoms with Gasteiger partial charge in [0, 0.05) is 24.5 Å². The van der Waals surface area contributed by atoms with E-state index >= 15 is 0 Å². The number of nitrogens with zero attached hydrogens (tertiary/aromatic N) is 1. The van der Waals surface area contributed by atoms with Gasteiger partial charge in [0.05, 0.1) is 4.47 Å². The van der Waals surface area contributed by atoms with Gasteiger partial charge in [0.2, 0.25) is 5.91 Å². The maximum absolute atomic E-state index is 13.6. The summed E-state index contributed by atoms with van der Waals surface area (Å²) in [5.41, 5.74) is 3.05. The maximum Gasteiger partial charge on any atom is 0.261 e. The molecule has 190 valence electrons. The zero-order valence-electron chi connectivity index (χ0n) is 21.1. The molecule has 0 aromatic heterocycles. The first kappa shape index (κ1) is 27.9. The standard InChI is InChI=1S/C29H32Br2N2O3/c1-29(2,3)22-12-15-26(24(31)17-22)36-19-27(34)33(18-21-10-13-23(30)14-11-21)25(28(35)32-4)16-20-8-6-5-7-9-20/h5-15,17,25H,16,18-19H2,1-4H3,(H,32,35). The summed E-state index contributed by atoms with van der Waals surface area (Å²) < 4.78 is 7.67. The Bertz CT molecular complexity index is 1180. The fourth-order valence-corrected chi connectivity index (χ4v) is 4.57. The van der Waals surface area contributed by atoms with Gasteiger partial charge in [-0.1, -0.05) is 85.2 Å². The minimum absolute atomic E-state index is 0.00345. The lowest BCUT2D eigenvalue weighted by atomic mass is 9.87. The smallest absolute Gasteiger partial charge is 0.261 e. The minimum atomic E-state index is -0.691. The molecule has 0 aliphatic carbocycles. The third-order valence-electron chi connectivity index (χ3n) is 5.93. The molecular formula is C29H32Br2N2O3. The van der Waals surface area contributed by atoms with Crippen molar-refractivity contribution in [3.63, 3.8) is 0 Å². The van der Waals surface area contributed by atoms with Gasteiger partial charge in [0.1, 0.15) is 11.8 Å². The van der Waals surface area contributed by atoms with Crippen molar-refractivity contribution in [3.05, 3.63) is 98.4 Å². The van der Waals surface area contributed by atoms with Crippen LogP contribution in [0.3, 0.4) is 0 Å². The van der Waals surface area contributed by atoms with Crippen LogP contribution in [-0.4, -0.2) is 36.4 Å². The van der Waals surface area contributed by atoms with Crippen LogP contribution < -0.4 is 10.1 Å². The number of nitrogens with one attached hydrogen (secondary N) is 1. The predicted octanol–water partition coefficient (Wildman–Crippen LogP) is 6.27. The Hall–Kier alpha value is -2.64. The van der Waals surface area contributed by atoms with Gasteiger partial charge in [-0.2, -0.15) is 0 Å². The molecule has 2 amide bonds. The quantitative estimate of drug-likeness (QED) is 0.308. The third kappa shape index (κ3) is 7.68. The van der Waals surface area contributed by atoms with Crippen molar-refractivity contribution in [2.24, 2.45) is 0 Å². The van der Waals surface area contributed by atoms with Gasteiger partial charge >= 0.3 is 0 Å². The summed E-state index contributed by atoms with van der Waals surface area (Å²) >= 11 is 7.03. The van der Waals surface area contributed by atoms with Crippen molar-refractivity contribution in [3.8, 4) is 5.75 Å². The van der Waals surface area contributed by atoms with Crippen LogP contribution in [0.25, 0.3) is 0 Å². The van der Waals surface area contributed by atoms with E-state index < -0.39 is 6.04 Å². The Balaban J connectivity index is 1.86. The molecule has 0 fully saturated rings. The average molecular weight is 616 g/mol. The van der Waals surface area contributed by atoms with Crippen molar-refractivity contribution in [2.75, 3.05) is 13.7 Å². The molecule has 1 atom stereocenters. The van der Waals surface area contributed by atoms with E-state index in [4.69, 9.17) is 4.74 Å². The number of rotatable bonds is 9. The number of carbonyl (C=O) groups excluding carboxylic acids is 2. The molecule has 7 heteroatoms. The molecule has 0 saturated carbocycles. The highest BCUT2D eigenvalue weighted by molar-refractivity contribution is 9.10. The lowest BCUT2D eigenvalue weighted by Crippen LogP contribution is -2.51. The molecule has 0 heterocycles. The summed E-state index contributed by atoms with van der Waals surface area (Å²) in [7, 11) is 1.59. The lowest BCUT2D eigenvalue weighted by molar-refractivity contribution is -0.142. The van der Waals surface area contributed by atoms with E-state index in [9.17, 15) is 9.59 Å². The van der Waals surface area contributed by atoms with E-state index in [0.29, 0.717) is 12.2 Å². The van der Waals surface area contributed by atoms with Gasteiger partial charge in [-0.3, -0.25) is 9.59 Å². The molecule has 3 aromatic carbocycles. The Kier molecular flexibility index (Phi) is 9.74. The molecule has 1 N–H and O–H groups in total. The molecule has 0 spiro atoms. The van der Waals surface area contributed by atoms with Crippen molar-refractivity contribution in [2.45, 2.75) is 45.2 Å². The molecule has 3 rings (SSSR count). The largest absolute Gasteiger partial charge is 0.483 e. The molecule has 0 saturated heterocycles. The topological polar surface area (TPSA) is 58.6 Å². The molecule has 36 heavy (non-hydrogen) atoms. The van der Waals surface area contributed by atoms with Gasteiger partial charge in [-0.15, -0.1) is 0 Å². The van der Waals surface area contributed by atoms with Crippen molar-refractivity contribution < 1.29 is 14.3 Å². The van der Waals surface area contributed by atoms with Gasteiger partial charge in [-0.05, 0) is 62.3 Å². The molecule has 0 aliphatic rings. The zero-order valence-corrected chi connectivity index (χ0v) is 24.2. The Labute approximate surface area is 230 Å². The summed E-state index contributed by atoms with van der Waals surface area (Å²) in [5.74, 6) is 0.0915. The molecule has 3 aromatic rings. The summed E-state index contributed by atoms with van der Waals surface area (Å²) in [6.45, 7) is 6.52. The summed E-state index contributed by atoms with van der Waals surface area (Å²) in [6, 6.07) is 22.6. The Morgan fingerprint density at radius 3 is 2.19 bits per heavy atom. The number of likely N-dealkylation sites (N-methyl/N-ethyl adjacent to an activating group) is 1. The van der Waals surface area contributed by atoms with Gasteiger partial charge < -0.3 is 15.0 Å². The van der Waals surface area contributed by atoms with Crippen LogP contribution >= 0.6 is 31.9 Å². The maximum atomic E-state index is 13.6. The zero-order chi connectivity index (χ0) is 26.3. The lowest BCUT2D eigenvalue weighted by Gasteiger charge is -2.31. The first-order valence-electron chi connectivity index (χ1n) is 11.8. The van der Waals surface area contributed by atoms with Crippen LogP contribution in [0.15, 0.2) is 81.7 Å². The highest BCUT2D eigenvalue weighted by Crippen LogP contribution is 2.31. The van der Waals surface area contributed by atoms with Gasteiger partial charge in [0.15, 0.2) is 6.61 Å². The van der Waals surface area contributed by atoms with Crippen molar-refractivity contribution in [1.29, 1.82) is 0 Å². The van der Waals surface area contributed by atoms with E-state index in [0.717, 1.165) is 25.6 Å². The number of hydrogen-bond donors (Lipinski definition) is 1. The fraction of sp³-hybridized carbons (Fsp3) is 0.310. The monoisotopic (exact) mass is 614 g/mol. The third-order valence-corrected chi connectivity index (χ3v) is 7.08. The Morgan fingerprint density at radius 2 is 1.61 bits per heavy atom. The molecule has 1 unspecified atom stereocenters. The second kappa shape index (κ2) is 12.5. The molecule has 0 bridgehead atoms. The van der Waals surface area contributed by atoms with Crippen LogP contribution in [0.1, 0.15) is 37.5 Å². The van der Waals surface area contributed by atoms with E-state index in [1.165, 1.54) is 0 Å². The van der Waals surface area contributed by atoms with Crippen molar-refractivity contribution in [1.82, 2.24) is 10.2 Å². The first-order chi connectivity index (χ1) is 17.1. The highest BCUT2D eigenvalue weighted by atomic mass is 79.9. The number of halogens is 2. The Morgan fingerprint density at radius 1 is 0.944 bits per heavy atom.